The molecule has 0 radical (unpaired) electrons. The lowest BCUT2D eigenvalue weighted by Gasteiger charge is -2.39. The number of fused-ring (bicyclic) bond motifs is 1. The summed E-state index contributed by atoms with van der Waals surface area (Å²) in [4.78, 5) is 31.8. The molecule has 190 valence electrons. The van der Waals surface area contributed by atoms with E-state index in [1.54, 1.807) is 4.57 Å². The first-order valence-electron chi connectivity index (χ1n) is 13.3. The van der Waals surface area contributed by atoms with Crippen molar-refractivity contribution in [1.29, 1.82) is 0 Å². The Morgan fingerprint density at radius 1 is 1.00 bits per heavy atom. The predicted molar refractivity (Wildman–Crippen MR) is 143 cm³/mol. The molecule has 0 N–H and O–H groups in total. The van der Waals surface area contributed by atoms with Crippen molar-refractivity contribution in [1.82, 2.24) is 14.4 Å². The van der Waals surface area contributed by atoms with Crippen molar-refractivity contribution in [2.45, 2.75) is 44.7 Å². The lowest BCUT2D eigenvalue weighted by molar-refractivity contribution is -0.138. The number of aromatic nitrogens is 1. The zero-order valence-electron chi connectivity index (χ0n) is 21.3. The minimum absolute atomic E-state index is 0.0298. The molecule has 2 heterocycles. The average Bonchev–Trinajstić information content (AvgIpc) is 2.94. The molecule has 1 aliphatic carbocycles. The van der Waals surface area contributed by atoms with E-state index < -0.39 is 0 Å². The third kappa shape index (κ3) is 5.40. The molecule has 5 rings (SSSR count). The molecule has 1 saturated carbocycles. The van der Waals surface area contributed by atoms with E-state index >= 15 is 0 Å². The number of benzene rings is 2. The Hall–Kier alpha value is -2.96. The highest BCUT2D eigenvalue weighted by Crippen LogP contribution is 2.29. The summed E-state index contributed by atoms with van der Waals surface area (Å²) in [7, 11) is 1.82. The summed E-state index contributed by atoms with van der Waals surface area (Å²) in [6.07, 6.45) is 5.30. The second-order valence-electron chi connectivity index (χ2n) is 10.2. The highest BCUT2D eigenvalue weighted by molar-refractivity contribution is 5.81. The van der Waals surface area contributed by atoms with Crippen molar-refractivity contribution in [3.05, 3.63) is 82.1 Å². The molecule has 0 bridgehead atoms. The van der Waals surface area contributed by atoms with Crippen LogP contribution in [0.5, 0.6) is 0 Å². The maximum atomic E-state index is 14.0. The number of hydrogen-bond donors (Lipinski definition) is 0. The van der Waals surface area contributed by atoms with Crippen LogP contribution in [-0.4, -0.2) is 53.1 Å². The van der Waals surface area contributed by atoms with Gasteiger partial charge in [-0.3, -0.25) is 14.5 Å². The molecule has 36 heavy (non-hydrogen) atoms. The van der Waals surface area contributed by atoms with E-state index in [1.807, 2.05) is 48.3 Å². The van der Waals surface area contributed by atoms with Gasteiger partial charge in [0.25, 0.3) is 5.56 Å². The molecule has 1 amide bonds. The third-order valence-corrected chi connectivity index (χ3v) is 7.90. The van der Waals surface area contributed by atoms with Crippen molar-refractivity contribution in [2.24, 2.45) is 13.0 Å². The monoisotopic (exact) mass is 487 g/mol. The second kappa shape index (κ2) is 11.4. The van der Waals surface area contributed by atoms with E-state index in [9.17, 15) is 9.59 Å². The molecule has 2 aromatic carbocycles. The number of carbonyl (C=O) groups is 1. The van der Waals surface area contributed by atoms with Gasteiger partial charge in [0, 0.05) is 38.2 Å². The Morgan fingerprint density at radius 2 is 1.69 bits per heavy atom. The summed E-state index contributed by atoms with van der Waals surface area (Å²) in [6.45, 7) is 3.97. The van der Waals surface area contributed by atoms with E-state index in [4.69, 9.17) is 4.74 Å². The number of rotatable bonds is 7. The lowest BCUT2D eigenvalue weighted by Crippen LogP contribution is -2.47. The van der Waals surface area contributed by atoms with Gasteiger partial charge in [-0.1, -0.05) is 67.8 Å². The van der Waals surface area contributed by atoms with Crippen molar-refractivity contribution >= 4 is 16.8 Å². The third-order valence-electron chi connectivity index (χ3n) is 7.90. The zero-order valence-corrected chi connectivity index (χ0v) is 21.3. The minimum atomic E-state index is -0.0298. The number of pyridine rings is 1. The SMILES string of the molecule is Cn1c(=O)c(CN(CC(c2ccccc2)N2CCOCC2)C(=O)C2CCCCC2)cc2ccccc21. The van der Waals surface area contributed by atoms with Crippen molar-refractivity contribution in [3.63, 3.8) is 0 Å². The van der Waals surface area contributed by atoms with Gasteiger partial charge in [0.1, 0.15) is 0 Å². The van der Waals surface area contributed by atoms with Crippen molar-refractivity contribution in [2.75, 3.05) is 32.8 Å². The number of amides is 1. The highest BCUT2D eigenvalue weighted by atomic mass is 16.5. The van der Waals surface area contributed by atoms with Gasteiger partial charge < -0.3 is 14.2 Å². The Bertz CT molecular complexity index is 1230. The summed E-state index contributed by atoms with van der Waals surface area (Å²) in [6, 6.07) is 20.4. The predicted octanol–water partition coefficient (Wildman–Crippen LogP) is 4.52. The van der Waals surface area contributed by atoms with Crippen LogP contribution >= 0.6 is 0 Å². The molecule has 2 aliphatic rings. The Balaban J connectivity index is 1.50. The standard InChI is InChI=1S/C30H37N3O3/c1-31-27-15-9-8-14-25(27)20-26(29(31)34)21-33(30(35)24-12-6-3-7-13-24)22-28(23-10-4-2-5-11-23)32-16-18-36-19-17-32/h2,4-5,8-11,14-15,20,24,28H,3,6-7,12-13,16-19,21-22H2,1H3. The zero-order chi connectivity index (χ0) is 24.9. The summed E-state index contributed by atoms with van der Waals surface area (Å²) < 4.78 is 7.35. The molecule has 1 atom stereocenters. The van der Waals surface area contributed by atoms with E-state index in [-0.39, 0.29) is 23.4 Å². The van der Waals surface area contributed by atoms with Crippen LogP contribution in [-0.2, 0) is 23.1 Å². The molecule has 1 unspecified atom stereocenters. The lowest BCUT2D eigenvalue weighted by atomic mass is 9.88. The first-order chi connectivity index (χ1) is 17.6. The van der Waals surface area contributed by atoms with Gasteiger partial charge in [-0.15, -0.1) is 0 Å². The topological polar surface area (TPSA) is 54.8 Å². The first kappa shape index (κ1) is 24.7. The fourth-order valence-electron chi connectivity index (χ4n) is 5.85. The fraction of sp³-hybridized carbons (Fsp3) is 0.467. The number of carbonyl (C=O) groups excluding carboxylic acids is 1. The van der Waals surface area contributed by atoms with Crippen LogP contribution in [0.3, 0.4) is 0 Å². The molecule has 0 spiro atoms. The quantitative estimate of drug-likeness (QED) is 0.492. The Morgan fingerprint density at radius 3 is 2.44 bits per heavy atom. The largest absolute Gasteiger partial charge is 0.379 e. The van der Waals surface area contributed by atoms with E-state index in [2.05, 4.69) is 29.2 Å². The molecular formula is C30H37N3O3. The van der Waals surface area contributed by atoms with Gasteiger partial charge in [-0.2, -0.15) is 0 Å². The van der Waals surface area contributed by atoms with Crippen LogP contribution < -0.4 is 5.56 Å². The van der Waals surface area contributed by atoms with Gasteiger partial charge >= 0.3 is 0 Å². The molecule has 6 heteroatoms. The molecule has 3 aromatic rings. The van der Waals surface area contributed by atoms with Crippen molar-refractivity contribution in [3.8, 4) is 0 Å². The highest BCUT2D eigenvalue weighted by Gasteiger charge is 2.31. The van der Waals surface area contributed by atoms with Crippen LogP contribution in [0.2, 0.25) is 0 Å². The van der Waals surface area contributed by atoms with Crippen LogP contribution in [0.1, 0.15) is 49.3 Å². The van der Waals surface area contributed by atoms with E-state index in [0.29, 0.717) is 31.9 Å². The molecule has 6 nitrogen and oxygen atoms in total. The van der Waals surface area contributed by atoms with Gasteiger partial charge in [-0.25, -0.2) is 0 Å². The molecular weight excluding hydrogens is 450 g/mol. The van der Waals surface area contributed by atoms with E-state index in [1.165, 1.54) is 12.0 Å². The molecule has 1 aliphatic heterocycles. The minimum Gasteiger partial charge on any atom is -0.379 e. The Kier molecular flexibility index (Phi) is 7.83. The van der Waals surface area contributed by atoms with Gasteiger partial charge in [0.2, 0.25) is 5.91 Å². The molecule has 1 aromatic heterocycles. The van der Waals surface area contributed by atoms with Crippen LogP contribution in [0.4, 0.5) is 0 Å². The van der Waals surface area contributed by atoms with Crippen LogP contribution in [0.15, 0.2) is 65.5 Å². The van der Waals surface area contributed by atoms with Crippen LogP contribution in [0, 0.1) is 5.92 Å². The summed E-state index contributed by atoms with van der Waals surface area (Å²) in [5, 5.41) is 1.02. The summed E-state index contributed by atoms with van der Waals surface area (Å²) >= 11 is 0. The average molecular weight is 488 g/mol. The Labute approximate surface area is 213 Å². The number of morpholine rings is 1. The maximum absolute atomic E-state index is 14.0. The van der Waals surface area contributed by atoms with Gasteiger partial charge in [-0.05, 0) is 35.9 Å². The van der Waals surface area contributed by atoms with E-state index in [0.717, 1.165) is 49.7 Å². The molecule has 2 fully saturated rings. The maximum Gasteiger partial charge on any atom is 0.255 e. The fourth-order valence-corrected chi connectivity index (χ4v) is 5.85. The molecule has 1 saturated heterocycles. The smallest absolute Gasteiger partial charge is 0.255 e. The van der Waals surface area contributed by atoms with Crippen LogP contribution in [0.25, 0.3) is 10.9 Å². The van der Waals surface area contributed by atoms with Gasteiger partial charge in [0.15, 0.2) is 0 Å². The first-order valence-corrected chi connectivity index (χ1v) is 13.3. The van der Waals surface area contributed by atoms with Gasteiger partial charge in [0.05, 0.1) is 31.3 Å². The summed E-state index contributed by atoms with van der Waals surface area (Å²) in [5.41, 5.74) is 2.76. The summed E-state index contributed by atoms with van der Waals surface area (Å²) in [5.74, 6) is 0.239. The normalized spacial score (nSPS) is 18.2. The number of aryl methyl sites for hydroxylation is 1. The second-order valence-corrected chi connectivity index (χ2v) is 10.2. The number of hydrogen-bond acceptors (Lipinski definition) is 4. The van der Waals surface area contributed by atoms with Crippen molar-refractivity contribution < 1.29 is 9.53 Å². The number of nitrogens with zero attached hydrogens (tertiary/aromatic N) is 3. The number of ether oxygens (including phenoxy) is 1. The number of para-hydroxylation sites is 1.